The number of nitrogens with zero attached hydrogens (tertiary/aromatic N) is 4. The highest BCUT2D eigenvalue weighted by Gasteiger charge is 2.43. The van der Waals surface area contributed by atoms with E-state index in [-0.39, 0.29) is 17.7 Å². The lowest BCUT2D eigenvalue weighted by Gasteiger charge is -2.37. The van der Waals surface area contributed by atoms with E-state index in [1.165, 1.54) is 4.90 Å². The molecule has 0 aliphatic carbocycles. The van der Waals surface area contributed by atoms with Gasteiger partial charge in [-0.25, -0.2) is 4.98 Å². The molecule has 0 spiro atoms. The van der Waals surface area contributed by atoms with Gasteiger partial charge >= 0.3 is 0 Å². The highest BCUT2D eigenvalue weighted by atomic mass is 32.2. The van der Waals surface area contributed by atoms with E-state index in [0.717, 1.165) is 5.13 Å². The lowest BCUT2D eigenvalue weighted by molar-refractivity contribution is -0.135. The van der Waals surface area contributed by atoms with Gasteiger partial charge in [-0.05, 0) is 30.6 Å². The zero-order valence-electron chi connectivity index (χ0n) is 16.1. The maximum absolute atomic E-state index is 13.4. The molecule has 2 aliphatic heterocycles. The minimum absolute atomic E-state index is 0.146. The van der Waals surface area contributed by atoms with Crippen molar-refractivity contribution in [3.05, 3.63) is 47.0 Å². The van der Waals surface area contributed by atoms with Crippen molar-refractivity contribution in [1.29, 1.82) is 0 Å². The Morgan fingerprint density at radius 1 is 1.14 bits per heavy atom. The molecule has 4 rings (SSSR count). The van der Waals surface area contributed by atoms with Crippen LogP contribution >= 0.6 is 23.1 Å². The highest BCUT2D eigenvalue weighted by Crippen LogP contribution is 2.27. The summed E-state index contributed by atoms with van der Waals surface area (Å²) in [5.74, 6) is -0.187. The second-order valence-corrected chi connectivity index (χ2v) is 8.81. The molecule has 0 N–H and O–H groups in total. The number of amides is 3. The first-order valence-corrected chi connectivity index (χ1v) is 11.8. The van der Waals surface area contributed by atoms with E-state index in [4.69, 9.17) is 0 Å². The molecule has 0 unspecified atom stereocenters. The molecule has 1 saturated heterocycles. The maximum atomic E-state index is 13.4. The average Bonchev–Trinajstić information content (AvgIpc) is 3.37. The van der Waals surface area contributed by atoms with Gasteiger partial charge in [-0.3, -0.25) is 19.3 Å². The minimum Gasteiger partial charge on any atom is -0.345 e. The van der Waals surface area contributed by atoms with Gasteiger partial charge in [0, 0.05) is 37.8 Å². The van der Waals surface area contributed by atoms with E-state index in [1.54, 1.807) is 58.5 Å². The Morgan fingerprint density at radius 2 is 1.79 bits per heavy atom. The third-order valence-corrected chi connectivity index (χ3v) is 6.77. The molecule has 0 bridgehead atoms. The molecule has 9 heteroatoms. The lowest BCUT2D eigenvalue weighted by atomic mass is 10.1. The molecule has 3 amide bonds. The van der Waals surface area contributed by atoms with Gasteiger partial charge in [0.25, 0.3) is 11.8 Å². The Hall–Kier alpha value is -2.39. The molecule has 29 heavy (non-hydrogen) atoms. The molecular weight excluding hydrogens is 408 g/mol. The van der Waals surface area contributed by atoms with E-state index in [2.05, 4.69) is 9.88 Å². The van der Waals surface area contributed by atoms with E-state index in [9.17, 15) is 14.4 Å². The number of thioether (sulfide) groups is 1. The van der Waals surface area contributed by atoms with E-state index in [1.807, 2.05) is 11.6 Å². The summed E-state index contributed by atoms with van der Waals surface area (Å²) in [4.78, 5) is 48.6. The van der Waals surface area contributed by atoms with Crippen molar-refractivity contribution >= 4 is 46.0 Å². The number of piperazine rings is 1. The van der Waals surface area contributed by atoms with Gasteiger partial charge in [0.15, 0.2) is 5.13 Å². The Kier molecular flexibility index (Phi) is 5.86. The topological polar surface area (TPSA) is 73.8 Å². The zero-order valence-corrected chi connectivity index (χ0v) is 17.7. The van der Waals surface area contributed by atoms with Crippen LogP contribution < -0.4 is 4.90 Å². The summed E-state index contributed by atoms with van der Waals surface area (Å²) >= 11 is 3.18. The van der Waals surface area contributed by atoms with Crippen LogP contribution in [0.1, 0.15) is 27.1 Å². The van der Waals surface area contributed by atoms with Crippen molar-refractivity contribution in [2.75, 3.05) is 43.1 Å². The molecule has 2 aliphatic rings. The van der Waals surface area contributed by atoms with E-state index in [0.29, 0.717) is 49.5 Å². The van der Waals surface area contributed by atoms with Gasteiger partial charge < -0.3 is 9.80 Å². The first-order chi connectivity index (χ1) is 14.1. The summed E-state index contributed by atoms with van der Waals surface area (Å²) in [5.41, 5.74) is 0.765. The second-order valence-electron chi connectivity index (χ2n) is 6.95. The molecular formula is C20H22N4O3S2. The van der Waals surface area contributed by atoms with Crippen LogP contribution in [0.4, 0.5) is 5.13 Å². The SMILES string of the molecule is CSCC[C@H](C(=O)N1CCN(c2nccs2)CC1)N1C(=O)c2ccccc2C1=O. The third-order valence-electron chi connectivity index (χ3n) is 5.30. The van der Waals surface area contributed by atoms with Crippen molar-refractivity contribution in [1.82, 2.24) is 14.8 Å². The molecule has 0 radical (unpaired) electrons. The largest absolute Gasteiger partial charge is 0.345 e. The van der Waals surface area contributed by atoms with Crippen molar-refractivity contribution in [2.24, 2.45) is 0 Å². The minimum atomic E-state index is -0.763. The molecule has 1 aromatic carbocycles. The molecule has 2 aromatic rings. The summed E-state index contributed by atoms with van der Waals surface area (Å²) in [6, 6.07) is 6.02. The summed E-state index contributed by atoms with van der Waals surface area (Å²) in [6.07, 6.45) is 4.19. The summed E-state index contributed by atoms with van der Waals surface area (Å²) in [6.45, 7) is 2.49. The quantitative estimate of drug-likeness (QED) is 0.655. The molecule has 1 aromatic heterocycles. The first-order valence-electron chi connectivity index (χ1n) is 9.51. The van der Waals surface area contributed by atoms with Crippen LogP contribution in [0.5, 0.6) is 0 Å². The Balaban J connectivity index is 1.51. The van der Waals surface area contributed by atoms with Crippen LogP contribution in [-0.2, 0) is 4.79 Å². The fourth-order valence-electron chi connectivity index (χ4n) is 3.78. The number of thiazole rings is 1. The van der Waals surface area contributed by atoms with Crippen molar-refractivity contribution in [2.45, 2.75) is 12.5 Å². The van der Waals surface area contributed by atoms with Crippen LogP contribution in [0.3, 0.4) is 0 Å². The average molecular weight is 431 g/mol. The number of hydrogen-bond donors (Lipinski definition) is 0. The molecule has 1 fully saturated rings. The Bertz CT molecular complexity index is 875. The highest BCUT2D eigenvalue weighted by molar-refractivity contribution is 7.98. The number of aromatic nitrogens is 1. The monoisotopic (exact) mass is 430 g/mol. The lowest BCUT2D eigenvalue weighted by Crippen LogP contribution is -2.56. The van der Waals surface area contributed by atoms with Crippen LogP contribution in [-0.4, -0.2) is 76.7 Å². The van der Waals surface area contributed by atoms with Gasteiger partial charge in [0.1, 0.15) is 6.04 Å². The second kappa shape index (κ2) is 8.54. The van der Waals surface area contributed by atoms with Gasteiger partial charge in [-0.15, -0.1) is 11.3 Å². The Morgan fingerprint density at radius 3 is 2.34 bits per heavy atom. The van der Waals surface area contributed by atoms with Crippen LogP contribution in [0.25, 0.3) is 0 Å². The zero-order chi connectivity index (χ0) is 20.4. The molecule has 1 atom stereocenters. The van der Waals surface area contributed by atoms with Crippen molar-refractivity contribution in [3.63, 3.8) is 0 Å². The summed E-state index contributed by atoms with van der Waals surface area (Å²) < 4.78 is 0. The van der Waals surface area contributed by atoms with Crippen molar-refractivity contribution < 1.29 is 14.4 Å². The molecule has 0 saturated carbocycles. The number of benzene rings is 1. The van der Waals surface area contributed by atoms with Gasteiger partial charge in [0.05, 0.1) is 11.1 Å². The van der Waals surface area contributed by atoms with E-state index < -0.39 is 6.04 Å². The van der Waals surface area contributed by atoms with Crippen molar-refractivity contribution in [3.8, 4) is 0 Å². The molecule has 152 valence electrons. The fourth-order valence-corrected chi connectivity index (χ4v) is 4.94. The smallest absolute Gasteiger partial charge is 0.262 e. The molecule has 7 nitrogen and oxygen atoms in total. The first kappa shape index (κ1) is 19.9. The van der Waals surface area contributed by atoms with E-state index >= 15 is 0 Å². The number of rotatable bonds is 6. The Labute approximate surface area is 177 Å². The fraction of sp³-hybridized carbons (Fsp3) is 0.400. The number of fused-ring (bicyclic) bond motifs is 1. The number of carbonyl (C=O) groups excluding carboxylic acids is 3. The van der Waals surface area contributed by atoms with Crippen LogP contribution in [0.15, 0.2) is 35.8 Å². The summed E-state index contributed by atoms with van der Waals surface area (Å²) in [5, 5.41) is 2.89. The predicted molar refractivity (Wildman–Crippen MR) is 115 cm³/mol. The number of carbonyl (C=O) groups is 3. The maximum Gasteiger partial charge on any atom is 0.262 e. The normalized spacial score (nSPS) is 17.6. The standard InChI is InChI=1S/C20H22N4O3S2/c1-28-12-6-16(24-17(25)14-4-2-3-5-15(14)18(24)26)19(27)22-8-10-23(11-9-22)20-21-7-13-29-20/h2-5,7,13,16H,6,8-12H2,1H3/t16-/m1/s1. The predicted octanol–water partition coefficient (Wildman–Crippen LogP) is 2.21. The number of hydrogen-bond acceptors (Lipinski definition) is 7. The van der Waals surface area contributed by atoms with Gasteiger partial charge in [-0.1, -0.05) is 12.1 Å². The van der Waals surface area contributed by atoms with Gasteiger partial charge in [0.2, 0.25) is 5.91 Å². The van der Waals surface area contributed by atoms with Crippen LogP contribution in [0.2, 0.25) is 0 Å². The number of anilines is 1. The summed E-state index contributed by atoms with van der Waals surface area (Å²) in [7, 11) is 0. The third kappa shape index (κ3) is 3.76. The van der Waals surface area contributed by atoms with Crippen LogP contribution in [0, 0.1) is 0 Å². The number of imide groups is 1. The van der Waals surface area contributed by atoms with Gasteiger partial charge in [-0.2, -0.15) is 11.8 Å². The molecule has 3 heterocycles.